The molecule has 2 aromatic rings. The van der Waals surface area contributed by atoms with E-state index in [9.17, 15) is 28.3 Å². The van der Waals surface area contributed by atoms with Gasteiger partial charge >= 0.3 is 0 Å². The van der Waals surface area contributed by atoms with E-state index in [0.717, 1.165) is 30.2 Å². The van der Waals surface area contributed by atoms with Crippen molar-refractivity contribution >= 4 is 17.7 Å². The summed E-state index contributed by atoms with van der Waals surface area (Å²) in [7, 11) is 1.56. The van der Waals surface area contributed by atoms with Crippen molar-refractivity contribution in [3.05, 3.63) is 70.8 Å². The number of aliphatic hydroxyl groups is 1. The number of aliphatic hydroxyl groups excluding tert-OH is 1. The molecule has 2 aromatic carbocycles. The van der Waals surface area contributed by atoms with E-state index in [1.165, 1.54) is 15.4 Å². The monoisotopic (exact) mass is 530 g/mol. The second kappa shape index (κ2) is 13.4. The van der Waals surface area contributed by atoms with Crippen LogP contribution in [0.1, 0.15) is 37.0 Å². The van der Waals surface area contributed by atoms with Crippen LogP contribution in [0.3, 0.4) is 0 Å². The van der Waals surface area contributed by atoms with Gasteiger partial charge in [0.2, 0.25) is 17.7 Å². The van der Waals surface area contributed by atoms with Crippen molar-refractivity contribution in [2.45, 2.75) is 57.8 Å². The Morgan fingerprint density at radius 3 is 2.42 bits per heavy atom. The van der Waals surface area contributed by atoms with E-state index < -0.39 is 35.7 Å². The average molecular weight is 531 g/mol. The first-order valence-electron chi connectivity index (χ1n) is 12.9. The molecule has 0 unspecified atom stereocenters. The van der Waals surface area contributed by atoms with E-state index in [0.29, 0.717) is 13.0 Å². The fraction of sp³-hybridized carbons (Fsp3) is 0.464. The van der Waals surface area contributed by atoms with Crippen LogP contribution in [-0.4, -0.2) is 77.5 Å². The van der Waals surface area contributed by atoms with Crippen molar-refractivity contribution in [1.82, 2.24) is 20.4 Å². The summed E-state index contributed by atoms with van der Waals surface area (Å²) >= 11 is 0. The number of carbonyl (C=O) groups excluding carboxylic acids is 3. The summed E-state index contributed by atoms with van der Waals surface area (Å²) in [5, 5.41) is 16.8. The third kappa shape index (κ3) is 7.82. The predicted octanol–water partition coefficient (Wildman–Crippen LogP) is 1.78. The summed E-state index contributed by atoms with van der Waals surface area (Å²) < 4.78 is 27.6. The van der Waals surface area contributed by atoms with Gasteiger partial charge in [0.1, 0.15) is 30.8 Å². The van der Waals surface area contributed by atoms with Crippen LogP contribution < -0.4 is 10.6 Å². The van der Waals surface area contributed by atoms with Crippen molar-refractivity contribution in [2.75, 3.05) is 26.7 Å². The normalized spacial score (nSPS) is 17.5. The molecule has 3 rings (SSSR count). The van der Waals surface area contributed by atoms with Crippen LogP contribution in [-0.2, 0) is 33.8 Å². The Balaban J connectivity index is 1.68. The van der Waals surface area contributed by atoms with Gasteiger partial charge in [0.25, 0.3) is 0 Å². The highest BCUT2D eigenvalue weighted by molar-refractivity contribution is 5.96. The maximum atomic E-state index is 13.8. The Hall–Kier alpha value is -3.37. The zero-order valence-corrected chi connectivity index (χ0v) is 22.0. The minimum atomic E-state index is -1.10. The van der Waals surface area contributed by atoms with Gasteiger partial charge in [-0.05, 0) is 48.1 Å². The number of likely N-dealkylation sites (N-methyl/N-ethyl adjacent to an activating group) is 1. The number of carbonyl (C=O) groups is 3. The molecule has 1 aliphatic heterocycles. The predicted molar refractivity (Wildman–Crippen MR) is 139 cm³/mol. The number of piperazine rings is 1. The summed E-state index contributed by atoms with van der Waals surface area (Å²) in [6.45, 7) is 3.84. The molecule has 10 heteroatoms. The quantitative estimate of drug-likeness (QED) is 0.389. The zero-order chi connectivity index (χ0) is 27.8. The Labute approximate surface area is 222 Å². The summed E-state index contributed by atoms with van der Waals surface area (Å²) in [4.78, 5) is 40.6. The number of hydrogen-bond acceptors (Lipinski definition) is 5. The highest BCUT2D eigenvalue weighted by atomic mass is 19.1. The standard InChI is InChI=1S/C28H36F2N4O4/c1-4-18-7-6-8-19(9-18)14-31-15-25(35)23(12-20-10-21(29)13-22(30)11-20)32-26(36)16-34-17-27(37)33(3)24(5-2)28(34)38/h6-11,13,23-25,31,35H,4-5,12,14-17H2,1-3H3,(H,32,36)/t23-,24-,25-/m0/s1. The van der Waals surface area contributed by atoms with Crippen LogP contribution in [0.25, 0.3) is 0 Å². The number of nitrogens with zero attached hydrogens (tertiary/aromatic N) is 2. The highest BCUT2D eigenvalue weighted by Gasteiger charge is 2.37. The number of benzene rings is 2. The van der Waals surface area contributed by atoms with Crippen molar-refractivity contribution in [3.8, 4) is 0 Å². The largest absolute Gasteiger partial charge is 0.390 e. The Morgan fingerprint density at radius 1 is 1.08 bits per heavy atom. The topological polar surface area (TPSA) is 102 Å². The van der Waals surface area contributed by atoms with Gasteiger partial charge in [-0.15, -0.1) is 0 Å². The Bertz CT molecular complexity index is 1130. The molecule has 1 aliphatic rings. The number of aryl methyl sites for hydroxylation is 1. The van der Waals surface area contributed by atoms with E-state index in [-0.39, 0.29) is 43.4 Å². The van der Waals surface area contributed by atoms with Crippen LogP contribution in [0, 0.1) is 11.6 Å². The fourth-order valence-electron chi connectivity index (χ4n) is 4.64. The Kier molecular flexibility index (Phi) is 10.3. The van der Waals surface area contributed by atoms with Gasteiger partial charge < -0.3 is 25.5 Å². The highest BCUT2D eigenvalue weighted by Crippen LogP contribution is 2.15. The van der Waals surface area contributed by atoms with Crippen molar-refractivity contribution in [1.29, 1.82) is 0 Å². The first-order chi connectivity index (χ1) is 18.1. The lowest BCUT2D eigenvalue weighted by Gasteiger charge is -2.37. The minimum Gasteiger partial charge on any atom is -0.390 e. The molecule has 8 nitrogen and oxygen atoms in total. The molecule has 1 fully saturated rings. The molecule has 0 saturated carbocycles. The van der Waals surface area contributed by atoms with Crippen LogP contribution in [0.4, 0.5) is 8.78 Å². The summed E-state index contributed by atoms with van der Waals surface area (Å²) in [6, 6.07) is 9.51. The first-order valence-corrected chi connectivity index (χ1v) is 12.9. The molecule has 3 amide bonds. The molecule has 0 aromatic heterocycles. The van der Waals surface area contributed by atoms with E-state index >= 15 is 0 Å². The molecule has 3 N–H and O–H groups in total. The fourth-order valence-corrected chi connectivity index (χ4v) is 4.64. The van der Waals surface area contributed by atoms with Gasteiger partial charge in [-0.2, -0.15) is 0 Å². The van der Waals surface area contributed by atoms with E-state index in [1.807, 2.05) is 18.2 Å². The molecular formula is C28H36F2N4O4. The van der Waals surface area contributed by atoms with Crippen molar-refractivity contribution in [3.63, 3.8) is 0 Å². The third-order valence-electron chi connectivity index (χ3n) is 6.78. The van der Waals surface area contributed by atoms with E-state index in [4.69, 9.17) is 0 Å². The maximum absolute atomic E-state index is 13.8. The van der Waals surface area contributed by atoms with Gasteiger partial charge in [-0.25, -0.2) is 8.78 Å². The van der Waals surface area contributed by atoms with Crippen LogP contribution in [0.15, 0.2) is 42.5 Å². The lowest BCUT2D eigenvalue weighted by Crippen LogP contribution is -2.60. The zero-order valence-electron chi connectivity index (χ0n) is 22.0. The number of amides is 3. The average Bonchev–Trinajstić information content (AvgIpc) is 2.86. The minimum absolute atomic E-state index is 0.0399. The lowest BCUT2D eigenvalue weighted by molar-refractivity contribution is -0.155. The molecule has 0 bridgehead atoms. The second-order valence-electron chi connectivity index (χ2n) is 9.65. The molecule has 38 heavy (non-hydrogen) atoms. The van der Waals surface area contributed by atoms with Crippen molar-refractivity contribution in [2.24, 2.45) is 0 Å². The smallest absolute Gasteiger partial charge is 0.246 e. The van der Waals surface area contributed by atoms with Gasteiger partial charge in [0.15, 0.2) is 0 Å². The Morgan fingerprint density at radius 2 is 1.76 bits per heavy atom. The second-order valence-corrected chi connectivity index (χ2v) is 9.65. The van der Waals surface area contributed by atoms with Crippen LogP contribution >= 0.6 is 0 Å². The summed E-state index contributed by atoms with van der Waals surface area (Å²) in [6.07, 6.45) is 0.169. The van der Waals surface area contributed by atoms with Crippen LogP contribution in [0.2, 0.25) is 0 Å². The maximum Gasteiger partial charge on any atom is 0.246 e. The van der Waals surface area contributed by atoms with E-state index in [2.05, 4.69) is 23.6 Å². The molecular weight excluding hydrogens is 494 g/mol. The van der Waals surface area contributed by atoms with Gasteiger partial charge in [-0.3, -0.25) is 14.4 Å². The molecule has 0 radical (unpaired) electrons. The summed E-state index contributed by atoms with van der Waals surface area (Å²) in [5.74, 6) is -2.71. The summed E-state index contributed by atoms with van der Waals surface area (Å²) in [5.41, 5.74) is 2.48. The number of rotatable bonds is 12. The molecule has 1 heterocycles. The molecule has 0 aliphatic carbocycles. The number of nitrogens with one attached hydrogen (secondary N) is 2. The number of halogens is 2. The molecule has 3 atom stereocenters. The molecule has 206 valence electrons. The van der Waals surface area contributed by atoms with Gasteiger partial charge in [0.05, 0.1) is 12.1 Å². The first kappa shape index (κ1) is 29.2. The van der Waals surface area contributed by atoms with E-state index in [1.54, 1.807) is 14.0 Å². The SMILES string of the molecule is CCc1cccc(CNC[C@H](O)[C@H](Cc2cc(F)cc(F)c2)NC(=O)CN2CC(=O)N(C)[C@@H](CC)C2=O)c1. The van der Waals surface area contributed by atoms with Gasteiger partial charge in [-0.1, -0.05) is 38.1 Å². The van der Waals surface area contributed by atoms with Crippen molar-refractivity contribution < 1.29 is 28.3 Å². The number of hydrogen-bond donors (Lipinski definition) is 3. The third-order valence-corrected chi connectivity index (χ3v) is 6.78. The lowest BCUT2D eigenvalue weighted by atomic mass is 10.00. The van der Waals surface area contributed by atoms with Crippen LogP contribution in [0.5, 0.6) is 0 Å². The molecule has 1 saturated heterocycles. The van der Waals surface area contributed by atoms with Gasteiger partial charge in [0, 0.05) is 26.2 Å². The molecule has 0 spiro atoms.